The van der Waals surface area contributed by atoms with Crippen LogP contribution in [-0.2, 0) is 11.3 Å². The summed E-state index contributed by atoms with van der Waals surface area (Å²) in [6.45, 7) is 3.43. The van der Waals surface area contributed by atoms with Crippen LogP contribution in [-0.4, -0.2) is 18.5 Å². The van der Waals surface area contributed by atoms with E-state index in [9.17, 15) is 4.79 Å². The van der Waals surface area contributed by atoms with Crippen molar-refractivity contribution >= 4 is 17.5 Å². The van der Waals surface area contributed by atoms with Gasteiger partial charge in [0.1, 0.15) is 0 Å². The summed E-state index contributed by atoms with van der Waals surface area (Å²) < 4.78 is 0. The lowest BCUT2D eigenvalue weighted by Gasteiger charge is -2.07. The van der Waals surface area contributed by atoms with E-state index in [4.69, 9.17) is 11.6 Å². The molecule has 0 saturated heterocycles. The monoisotopic (exact) mass is 266 g/mol. The van der Waals surface area contributed by atoms with Gasteiger partial charge in [-0.3, -0.25) is 4.79 Å². The molecule has 18 heavy (non-hydrogen) atoms. The van der Waals surface area contributed by atoms with Gasteiger partial charge in [-0.25, -0.2) is 0 Å². The molecule has 0 heterocycles. The van der Waals surface area contributed by atoms with Crippen LogP contribution in [0, 0.1) is 6.92 Å². The lowest BCUT2D eigenvalue weighted by molar-refractivity contribution is -0.121. The van der Waals surface area contributed by atoms with Gasteiger partial charge in [0.2, 0.25) is 5.91 Å². The average molecular weight is 267 g/mol. The molecule has 0 spiro atoms. The number of nitrogens with one attached hydrogen (secondary N) is 2. The summed E-state index contributed by atoms with van der Waals surface area (Å²) in [4.78, 5) is 11.4. The molecule has 0 atom stereocenters. The number of aryl methyl sites for hydroxylation is 1. The maximum atomic E-state index is 11.4. The largest absolute Gasteiger partial charge is 0.353 e. The number of amides is 1. The van der Waals surface area contributed by atoms with E-state index in [-0.39, 0.29) is 5.91 Å². The summed E-state index contributed by atoms with van der Waals surface area (Å²) >= 11 is 6.05. The molecule has 1 aromatic rings. The summed E-state index contributed by atoms with van der Waals surface area (Å²) in [7, 11) is 0. The van der Waals surface area contributed by atoms with E-state index >= 15 is 0 Å². The number of halogens is 1. The van der Waals surface area contributed by atoms with E-state index in [0.29, 0.717) is 19.0 Å². The van der Waals surface area contributed by atoms with Crippen LogP contribution in [0.2, 0.25) is 5.02 Å². The smallest absolute Gasteiger partial charge is 0.221 e. The van der Waals surface area contributed by atoms with Gasteiger partial charge in [-0.15, -0.1) is 0 Å². The zero-order valence-corrected chi connectivity index (χ0v) is 11.4. The number of carbonyl (C=O) groups is 1. The second kappa shape index (κ2) is 6.21. The third kappa shape index (κ3) is 4.31. The van der Waals surface area contributed by atoms with Gasteiger partial charge < -0.3 is 10.6 Å². The van der Waals surface area contributed by atoms with Crippen LogP contribution in [0.4, 0.5) is 0 Å². The first-order chi connectivity index (χ1) is 8.65. The lowest BCUT2D eigenvalue weighted by Crippen LogP contribution is -2.28. The first-order valence-corrected chi connectivity index (χ1v) is 6.78. The van der Waals surface area contributed by atoms with Crippen LogP contribution in [0.3, 0.4) is 0 Å². The van der Waals surface area contributed by atoms with Crippen molar-refractivity contribution in [2.75, 3.05) is 6.54 Å². The van der Waals surface area contributed by atoms with E-state index < -0.39 is 0 Å². The Bertz CT molecular complexity index is 430. The molecular weight excluding hydrogens is 248 g/mol. The molecule has 0 radical (unpaired) electrons. The lowest BCUT2D eigenvalue weighted by atomic mass is 10.1. The predicted molar refractivity (Wildman–Crippen MR) is 73.7 cm³/mol. The fourth-order valence-corrected chi connectivity index (χ4v) is 1.91. The standard InChI is InChI=1S/C14H19ClN2O/c1-10-2-3-11(8-13(10)15)9-16-7-6-14(18)17-12-4-5-12/h2-3,8,12,16H,4-7,9H2,1H3,(H,17,18). The Morgan fingerprint density at radius 1 is 1.44 bits per heavy atom. The Labute approximate surface area is 113 Å². The molecule has 1 saturated carbocycles. The van der Waals surface area contributed by atoms with E-state index in [2.05, 4.69) is 16.7 Å². The molecule has 4 heteroatoms. The minimum absolute atomic E-state index is 0.145. The molecule has 1 aliphatic carbocycles. The molecule has 1 aromatic carbocycles. The highest BCUT2D eigenvalue weighted by Crippen LogP contribution is 2.18. The van der Waals surface area contributed by atoms with Crippen LogP contribution < -0.4 is 10.6 Å². The fourth-order valence-electron chi connectivity index (χ4n) is 1.71. The van der Waals surface area contributed by atoms with Crippen molar-refractivity contribution in [1.82, 2.24) is 10.6 Å². The second-order valence-electron chi connectivity index (χ2n) is 4.85. The molecule has 3 nitrogen and oxygen atoms in total. The normalized spacial score (nSPS) is 14.6. The van der Waals surface area contributed by atoms with Crippen LogP contribution in [0.5, 0.6) is 0 Å². The van der Waals surface area contributed by atoms with Crippen LogP contribution >= 0.6 is 11.6 Å². The number of carbonyl (C=O) groups excluding carboxylic acids is 1. The van der Waals surface area contributed by atoms with Gasteiger partial charge in [0.15, 0.2) is 0 Å². The first-order valence-electron chi connectivity index (χ1n) is 6.40. The molecule has 1 aliphatic rings. The molecule has 2 rings (SSSR count). The van der Waals surface area contributed by atoms with Crippen LogP contribution in [0.1, 0.15) is 30.4 Å². The van der Waals surface area contributed by atoms with Gasteiger partial charge in [0, 0.05) is 30.6 Å². The Morgan fingerprint density at radius 3 is 2.89 bits per heavy atom. The zero-order chi connectivity index (χ0) is 13.0. The van der Waals surface area contributed by atoms with Gasteiger partial charge in [0.05, 0.1) is 0 Å². The summed E-state index contributed by atoms with van der Waals surface area (Å²) in [6.07, 6.45) is 2.82. The van der Waals surface area contributed by atoms with Gasteiger partial charge in [0.25, 0.3) is 0 Å². The van der Waals surface area contributed by atoms with Crippen molar-refractivity contribution < 1.29 is 4.79 Å². The van der Waals surface area contributed by atoms with Gasteiger partial charge >= 0.3 is 0 Å². The van der Waals surface area contributed by atoms with Crippen molar-refractivity contribution in [2.45, 2.75) is 38.8 Å². The quantitative estimate of drug-likeness (QED) is 0.777. The zero-order valence-electron chi connectivity index (χ0n) is 10.6. The van der Waals surface area contributed by atoms with Gasteiger partial charge in [-0.2, -0.15) is 0 Å². The van der Waals surface area contributed by atoms with Crippen molar-refractivity contribution in [3.05, 3.63) is 34.3 Å². The number of benzene rings is 1. The molecule has 98 valence electrons. The molecule has 1 amide bonds. The average Bonchev–Trinajstić information content (AvgIpc) is 3.13. The Morgan fingerprint density at radius 2 is 2.22 bits per heavy atom. The molecule has 0 unspecified atom stereocenters. The molecular formula is C14H19ClN2O. The topological polar surface area (TPSA) is 41.1 Å². The maximum absolute atomic E-state index is 11.4. The minimum atomic E-state index is 0.145. The van der Waals surface area contributed by atoms with E-state index in [0.717, 1.165) is 35.5 Å². The van der Waals surface area contributed by atoms with Crippen LogP contribution in [0.25, 0.3) is 0 Å². The number of hydrogen-bond acceptors (Lipinski definition) is 2. The third-order valence-electron chi connectivity index (χ3n) is 3.04. The van der Waals surface area contributed by atoms with E-state index in [1.807, 2.05) is 19.1 Å². The predicted octanol–water partition coefficient (Wildman–Crippen LogP) is 2.41. The molecule has 2 N–H and O–H groups in total. The number of rotatable bonds is 6. The van der Waals surface area contributed by atoms with Crippen molar-refractivity contribution in [3.8, 4) is 0 Å². The van der Waals surface area contributed by atoms with Gasteiger partial charge in [-0.1, -0.05) is 23.7 Å². The first kappa shape index (κ1) is 13.4. The molecule has 0 aliphatic heterocycles. The van der Waals surface area contributed by atoms with Crippen molar-refractivity contribution in [1.29, 1.82) is 0 Å². The SMILES string of the molecule is Cc1ccc(CNCCC(=O)NC2CC2)cc1Cl. The minimum Gasteiger partial charge on any atom is -0.353 e. The molecule has 0 bridgehead atoms. The fraction of sp³-hybridized carbons (Fsp3) is 0.500. The molecule has 0 aromatic heterocycles. The Kier molecular flexibility index (Phi) is 4.61. The van der Waals surface area contributed by atoms with Gasteiger partial charge in [-0.05, 0) is 37.0 Å². The number of hydrogen-bond donors (Lipinski definition) is 2. The van der Waals surface area contributed by atoms with Crippen molar-refractivity contribution in [2.24, 2.45) is 0 Å². The highest BCUT2D eigenvalue weighted by Gasteiger charge is 2.22. The Hall–Kier alpha value is -1.06. The Balaban J connectivity index is 1.64. The second-order valence-corrected chi connectivity index (χ2v) is 5.26. The van der Waals surface area contributed by atoms with E-state index in [1.165, 1.54) is 0 Å². The summed E-state index contributed by atoms with van der Waals surface area (Å²) in [5, 5.41) is 7.01. The van der Waals surface area contributed by atoms with Crippen molar-refractivity contribution in [3.63, 3.8) is 0 Å². The summed E-state index contributed by atoms with van der Waals surface area (Å²) in [6, 6.07) is 6.49. The summed E-state index contributed by atoms with van der Waals surface area (Å²) in [5.74, 6) is 0.145. The molecule has 1 fully saturated rings. The summed E-state index contributed by atoms with van der Waals surface area (Å²) in [5.41, 5.74) is 2.23. The highest BCUT2D eigenvalue weighted by atomic mass is 35.5. The highest BCUT2D eigenvalue weighted by molar-refractivity contribution is 6.31. The third-order valence-corrected chi connectivity index (χ3v) is 3.44. The van der Waals surface area contributed by atoms with Crippen LogP contribution in [0.15, 0.2) is 18.2 Å². The van der Waals surface area contributed by atoms with E-state index in [1.54, 1.807) is 0 Å². The maximum Gasteiger partial charge on any atom is 0.221 e.